The fourth-order valence-corrected chi connectivity index (χ4v) is 3.54. The van der Waals surface area contributed by atoms with Crippen molar-refractivity contribution in [3.63, 3.8) is 0 Å². The highest BCUT2D eigenvalue weighted by Gasteiger charge is 2.30. The smallest absolute Gasteiger partial charge is 0.0741 e. The monoisotopic (exact) mass is 265 g/mol. The van der Waals surface area contributed by atoms with E-state index in [4.69, 9.17) is 0 Å². The summed E-state index contributed by atoms with van der Waals surface area (Å²) in [7, 11) is 0. The molecular weight excluding hydrogens is 242 g/mol. The van der Waals surface area contributed by atoms with Gasteiger partial charge < -0.3 is 10.4 Å². The molecule has 0 radical (unpaired) electrons. The second-order valence-corrected chi connectivity index (χ2v) is 6.20. The van der Waals surface area contributed by atoms with E-state index in [1.54, 1.807) is 11.8 Å². The molecule has 2 N–H and O–H groups in total. The Morgan fingerprint density at radius 3 is 2.83 bits per heavy atom. The van der Waals surface area contributed by atoms with Gasteiger partial charge in [-0.15, -0.1) is 11.8 Å². The number of benzene rings is 1. The quantitative estimate of drug-likeness (QED) is 0.775. The van der Waals surface area contributed by atoms with Crippen LogP contribution in [0.25, 0.3) is 0 Å². The van der Waals surface area contributed by atoms with Crippen LogP contribution in [-0.4, -0.2) is 23.0 Å². The molecule has 100 valence electrons. The molecule has 1 fully saturated rings. The van der Waals surface area contributed by atoms with Gasteiger partial charge in [0.15, 0.2) is 0 Å². The van der Waals surface area contributed by atoms with Gasteiger partial charge in [-0.3, -0.25) is 0 Å². The molecule has 0 bridgehead atoms. The van der Waals surface area contributed by atoms with E-state index in [0.717, 1.165) is 31.7 Å². The van der Waals surface area contributed by atoms with Gasteiger partial charge in [-0.1, -0.05) is 31.9 Å². The average molecular weight is 265 g/mol. The van der Waals surface area contributed by atoms with Gasteiger partial charge in [-0.05, 0) is 37.1 Å². The normalized spacial score (nSPS) is 18.1. The molecule has 1 saturated carbocycles. The number of aliphatic hydroxyl groups is 1. The van der Waals surface area contributed by atoms with Crippen LogP contribution < -0.4 is 5.32 Å². The van der Waals surface area contributed by atoms with Gasteiger partial charge in [-0.25, -0.2) is 0 Å². The molecule has 0 saturated heterocycles. The Labute approximate surface area is 114 Å². The van der Waals surface area contributed by atoms with Crippen LogP contribution in [0.2, 0.25) is 0 Å². The minimum Gasteiger partial charge on any atom is -0.389 e. The first-order valence-electron chi connectivity index (χ1n) is 6.87. The van der Waals surface area contributed by atoms with Crippen LogP contribution in [0.1, 0.15) is 38.2 Å². The Morgan fingerprint density at radius 1 is 1.33 bits per heavy atom. The molecule has 0 aromatic heterocycles. The van der Waals surface area contributed by atoms with Gasteiger partial charge >= 0.3 is 0 Å². The Kier molecular flexibility index (Phi) is 5.10. The zero-order chi connectivity index (χ0) is 12.8. The van der Waals surface area contributed by atoms with Crippen molar-refractivity contribution < 1.29 is 5.11 Å². The first-order valence-corrected chi connectivity index (χ1v) is 7.85. The predicted molar refractivity (Wildman–Crippen MR) is 78.0 cm³/mol. The Balaban J connectivity index is 1.88. The lowest BCUT2D eigenvalue weighted by Crippen LogP contribution is -2.27. The minimum atomic E-state index is -0.414. The van der Waals surface area contributed by atoms with Crippen molar-refractivity contribution in [2.75, 3.05) is 12.3 Å². The number of hydrogen-bond acceptors (Lipinski definition) is 3. The van der Waals surface area contributed by atoms with Crippen molar-refractivity contribution in [1.29, 1.82) is 0 Å². The summed E-state index contributed by atoms with van der Waals surface area (Å²) in [6.07, 6.45) is 4.29. The topological polar surface area (TPSA) is 32.3 Å². The van der Waals surface area contributed by atoms with Crippen LogP contribution in [0.3, 0.4) is 0 Å². The fourth-order valence-electron chi connectivity index (χ4n) is 2.41. The van der Waals surface area contributed by atoms with Crippen LogP contribution in [-0.2, 0) is 6.54 Å². The zero-order valence-corrected chi connectivity index (χ0v) is 11.9. The van der Waals surface area contributed by atoms with E-state index in [0.29, 0.717) is 0 Å². The third-order valence-electron chi connectivity index (χ3n) is 3.52. The predicted octanol–water partition coefficient (Wildman–Crippen LogP) is 3.19. The molecule has 0 spiro atoms. The Hall–Kier alpha value is -0.510. The summed E-state index contributed by atoms with van der Waals surface area (Å²) in [6, 6.07) is 8.62. The van der Waals surface area contributed by atoms with Crippen LogP contribution in [0.4, 0.5) is 0 Å². The maximum Gasteiger partial charge on any atom is 0.0741 e. The van der Waals surface area contributed by atoms with Gasteiger partial charge in [0.05, 0.1) is 5.60 Å². The van der Waals surface area contributed by atoms with Crippen molar-refractivity contribution in [2.45, 2.75) is 49.6 Å². The standard InChI is InChI=1S/C15H23NOS/c1-2-16-11-13-6-5-7-14(10-13)18-12-15(17)8-3-4-9-15/h5-7,10,16-17H,2-4,8-9,11-12H2,1H3. The highest BCUT2D eigenvalue weighted by atomic mass is 32.2. The molecule has 1 aromatic carbocycles. The number of rotatable bonds is 6. The van der Waals surface area contributed by atoms with Gasteiger partial charge in [0, 0.05) is 17.2 Å². The fraction of sp³-hybridized carbons (Fsp3) is 0.600. The van der Waals surface area contributed by atoms with E-state index in [9.17, 15) is 5.11 Å². The largest absolute Gasteiger partial charge is 0.389 e. The molecule has 1 aromatic rings. The summed E-state index contributed by atoms with van der Waals surface area (Å²) in [4.78, 5) is 1.27. The first kappa shape index (κ1) is 13.9. The highest BCUT2D eigenvalue weighted by molar-refractivity contribution is 7.99. The second-order valence-electron chi connectivity index (χ2n) is 5.15. The lowest BCUT2D eigenvalue weighted by molar-refractivity contribution is 0.0732. The van der Waals surface area contributed by atoms with E-state index >= 15 is 0 Å². The molecule has 18 heavy (non-hydrogen) atoms. The van der Waals surface area contributed by atoms with Crippen molar-refractivity contribution >= 4 is 11.8 Å². The van der Waals surface area contributed by atoms with E-state index < -0.39 is 5.60 Å². The number of hydrogen-bond donors (Lipinski definition) is 2. The van der Waals surface area contributed by atoms with E-state index in [2.05, 4.69) is 36.5 Å². The zero-order valence-electron chi connectivity index (χ0n) is 11.1. The lowest BCUT2D eigenvalue weighted by Gasteiger charge is -2.21. The van der Waals surface area contributed by atoms with Gasteiger partial charge in [0.1, 0.15) is 0 Å². The van der Waals surface area contributed by atoms with Crippen molar-refractivity contribution in [3.8, 4) is 0 Å². The van der Waals surface area contributed by atoms with Crippen molar-refractivity contribution in [1.82, 2.24) is 5.32 Å². The molecule has 0 heterocycles. The van der Waals surface area contributed by atoms with Crippen LogP contribution in [0, 0.1) is 0 Å². The summed E-state index contributed by atoms with van der Waals surface area (Å²) in [5.74, 6) is 0.831. The first-order chi connectivity index (χ1) is 8.72. The molecule has 0 aliphatic heterocycles. The van der Waals surface area contributed by atoms with E-state index in [1.807, 2.05) is 0 Å². The Morgan fingerprint density at radius 2 is 2.11 bits per heavy atom. The van der Waals surface area contributed by atoms with Gasteiger partial charge in [0.25, 0.3) is 0 Å². The molecule has 0 unspecified atom stereocenters. The molecular formula is C15H23NOS. The number of nitrogens with one attached hydrogen (secondary N) is 1. The third kappa shape index (κ3) is 4.01. The maximum absolute atomic E-state index is 10.3. The minimum absolute atomic E-state index is 0.414. The molecule has 0 amide bonds. The van der Waals surface area contributed by atoms with E-state index in [-0.39, 0.29) is 0 Å². The molecule has 2 rings (SSSR count). The summed E-state index contributed by atoms with van der Waals surface area (Å²) in [5.41, 5.74) is 0.905. The summed E-state index contributed by atoms with van der Waals surface area (Å²) in [6.45, 7) is 4.04. The second kappa shape index (κ2) is 6.60. The van der Waals surface area contributed by atoms with Crippen molar-refractivity contribution in [3.05, 3.63) is 29.8 Å². The molecule has 3 heteroatoms. The van der Waals surface area contributed by atoms with E-state index in [1.165, 1.54) is 23.3 Å². The van der Waals surface area contributed by atoms with Crippen LogP contribution in [0.5, 0.6) is 0 Å². The van der Waals surface area contributed by atoms with Crippen LogP contribution in [0.15, 0.2) is 29.2 Å². The lowest BCUT2D eigenvalue weighted by atomic mass is 10.1. The highest BCUT2D eigenvalue weighted by Crippen LogP contribution is 2.34. The van der Waals surface area contributed by atoms with Crippen LogP contribution >= 0.6 is 11.8 Å². The van der Waals surface area contributed by atoms with Crippen molar-refractivity contribution in [2.24, 2.45) is 0 Å². The SMILES string of the molecule is CCNCc1cccc(SCC2(O)CCCC2)c1. The molecule has 0 atom stereocenters. The summed E-state index contributed by atoms with van der Waals surface area (Å²) >= 11 is 1.79. The third-order valence-corrected chi connectivity index (χ3v) is 4.79. The summed E-state index contributed by atoms with van der Waals surface area (Å²) < 4.78 is 0. The Bertz CT molecular complexity index is 375. The summed E-state index contributed by atoms with van der Waals surface area (Å²) in [5, 5.41) is 13.7. The molecule has 1 aliphatic rings. The molecule has 2 nitrogen and oxygen atoms in total. The number of thioether (sulfide) groups is 1. The van der Waals surface area contributed by atoms with Gasteiger partial charge in [-0.2, -0.15) is 0 Å². The maximum atomic E-state index is 10.3. The molecule has 1 aliphatic carbocycles. The average Bonchev–Trinajstić information content (AvgIpc) is 2.82. The van der Waals surface area contributed by atoms with Gasteiger partial charge in [0.2, 0.25) is 0 Å².